The summed E-state index contributed by atoms with van der Waals surface area (Å²) in [6, 6.07) is 20.8. The fourth-order valence-corrected chi connectivity index (χ4v) is 3.03. The van der Waals surface area contributed by atoms with Crippen LogP contribution in [0.25, 0.3) is 0 Å². The van der Waals surface area contributed by atoms with Crippen LogP contribution >= 0.6 is 0 Å². The van der Waals surface area contributed by atoms with Crippen LogP contribution in [0.3, 0.4) is 0 Å². The maximum atomic E-state index is 12.6. The highest BCUT2D eigenvalue weighted by Gasteiger charge is 2.30. The van der Waals surface area contributed by atoms with E-state index in [1.165, 1.54) is 11.1 Å². The number of rotatable bonds is 7. The Labute approximate surface area is 133 Å². The highest BCUT2D eigenvalue weighted by Crippen LogP contribution is 2.33. The first kappa shape index (κ1) is 16.4. The van der Waals surface area contributed by atoms with Crippen LogP contribution in [-0.2, 0) is 4.79 Å². The van der Waals surface area contributed by atoms with Gasteiger partial charge in [-0.05, 0) is 25.2 Å². The number of benzene rings is 2. The summed E-state index contributed by atoms with van der Waals surface area (Å²) < 4.78 is 0. The first-order valence-corrected chi connectivity index (χ1v) is 7.90. The van der Waals surface area contributed by atoms with Crippen LogP contribution in [0.15, 0.2) is 60.7 Å². The predicted molar refractivity (Wildman–Crippen MR) is 92.1 cm³/mol. The van der Waals surface area contributed by atoms with Crippen molar-refractivity contribution in [1.82, 2.24) is 4.90 Å². The third kappa shape index (κ3) is 4.05. The predicted octanol–water partition coefficient (Wildman–Crippen LogP) is 3.98. The van der Waals surface area contributed by atoms with Gasteiger partial charge in [0.15, 0.2) is 0 Å². The molecule has 0 bridgehead atoms. The normalized spacial score (nSPS) is 12.6. The van der Waals surface area contributed by atoms with Crippen molar-refractivity contribution in [3.63, 3.8) is 0 Å². The van der Waals surface area contributed by atoms with E-state index in [4.69, 9.17) is 0 Å². The number of hydrogen-bond donors (Lipinski definition) is 0. The van der Waals surface area contributed by atoms with E-state index in [-0.39, 0.29) is 11.8 Å². The highest BCUT2D eigenvalue weighted by molar-refractivity contribution is 5.82. The molecule has 0 amide bonds. The lowest BCUT2D eigenvalue weighted by Gasteiger charge is -2.29. The lowest BCUT2D eigenvalue weighted by atomic mass is 9.77. The van der Waals surface area contributed by atoms with Crippen LogP contribution in [0.1, 0.15) is 30.4 Å². The van der Waals surface area contributed by atoms with Gasteiger partial charge in [-0.15, -0.1) is 0 Å². The van der Waals surface area contributed by atoms with Crippen molar-refractivity contribution >= 4 is 5.78 Å². The van der Waals surface area contributed by atoms with Gasteiger partial charge in [0.1, 0.15) is 5.78 Å². The Kier molecular flexibility index (Phi) is 5.91. The van der Waals surface area contributed by atoms with Crippen molar-refractivity contribution in [3.8, 4) is 0 Å². The van der Waals surface area contributed by atoms with E-state index in [0.29, 0.717) is 12.2 Å². The zero-order chi connectivity index (χ0) is 15.9. The molecule has 1 unspecified atom stereocenters. The molecule has 0 aromatic heterocycles. The Balaban J connectivity index is 2.48. The average molecular weight is 295 g/mol. The van der Waals surface area contributed by atoms with Crippen LogP contribution in [0.2, 0.25) is 0 Å². The third-order valence-corrected chi connectivity index (χ3v) is 4.04. The Morgan fingerprint density at radius 2 is 1.36 bits per heavy atom. The first-order chi connectivity index (χ1) is 10.6. The molecule has 2 aromatic rings. The number of hydrogen-bond acceptors (Lipinski definition) is 2. The molecule has 0 saturated carbocycles. The average Bonchev–Trinajstić information content (AvgIpc) is 2.55. The SMILES string of the molecule is CCC(=O)C(CN(C)C)C(c1ccccc1)c1ccccc1. The molecule has 2 aromatic carbocycles. The van der Waals surface area contributed by atoms with Crippen molar-refractivity contribution in [3.05, 3.63) is 71.8 Å². The van der Waals surface area contributed by atoms with Gasteiger partial charge in [-0.25, -0.2) is 0 Å². The molecule has 0 aliphatic heterocycles. The van der Waals surface area contributed by atoms with Gasteiger partial charge in [-0.2, -0.15) is 0 Å². The van der Waals surface area contributed by atoms with Gasteiger partial charge in [0, 0.05) is 24.8 Å². The van der Waals surface area contributed by atoms with Gasteiger partial charge in [0.2, 0.25) is 0 Å². The minimum absolute atomic E-state index is 0.0233. The van der Waals surface area contributed by atoms with Crippen molar-refractivity contribution in [2.45, 2.75) is 19.3 Å². The number of carbonyl (C=O) groups is 1. The molecule has 0 aliphatic rings. The smallest absolute Gasteiger partial charge is 0.137 e. The van der Waals surface area contributed by atoms with Crippen LogP contribution in [0.4, 0.5) is 0 Å². The largest absolute Gasteiger partial charge is 0.309 e. The van der Waals surface area contributed by atoms with Gasteiger partial charge in [0.05, 0.1) is 0 Å². The van der Waals surface area contributed by atoms with Gasteiger partial charge >= 0.3 is 0 Å². The van der Waals surface area contributed by atoms with Gasteiger partial charge in [-0.1, -0.05) is 67.6 Å². The maximum absolute atomic E-state index is 12.6. The highest BCUT2D eigenvalue weighted by atomic mass is 16.1. The number of nitrogens with zero attached hydrogens (tertiary/aromatic N) is 1. The molecule has 2 heteroatoms. The summed E-state index contributed by atoms with van der Waals surface area (Å²) in [4.78, 5) is 14.7. The Hall–Kier alpha value is -1.93. The fourth-order valence-electron chi connectivity index (χ4n) is 3.03. The maximum Gasteiger partial charge on any atom is 0.137 e. The Morgan fingerprint density at radius 1 is 0.909 bits per heavy atom. The van der Waals surface area contributed by atoms with Crippen LogP contribution < -0.4 is 0 Å². The second kappa shape index (κ2) is 7.90. The van der Waals surface area contributed by atoms with Gasteiger partial charge in [0.25, 0.3) is 0 Å². The molecule has 0 aliphatic carbocycles. The molecule has 116 valence electrons. The summed E-state index contributed by atoms with van der Waals surface area (Å²) in [6.07, 6.45) is 0.578. The second-order valence-corrected chi connectivity index (χ2v) is 5.99. The Bertz CT molecular complexity index is 538. The summed E-state index contributed by atoms with van der Waals surface area (Å²) in [5, 5.41) is 0. The molecule has 0 radical (unpaired) electrons. The van der Waals surface area contributed by atoms with E-state index in [1.807, 2.05) is 33.2 Å². The summed E-state index contributed by atoms with van der Waals surface area (Å²) in [5.74, 6) is 0.411. The molecule has 2 nitrogen and oxygen atoms in total. The standard InChI is InChI=1S/C20H25NO/c1-4-19(22)18(15-21(2)3)20(16-11-7-5-8-12-16)17-13-9-6-10-14-17/h5-14,18,20H,4,15H2,1-3H3. The zero-order valence-electron chi connectivity index (χ0n) is 13.7. The van der Waals surface area contributed by atoms with E-state index < -0.39 is 0 Å². The number of Topliss-reactive ketones (excluding diaryl/α,β-unsaturated/α-hetero) is 1. The molecule has 0 saturated heterocycles. The monoisotopic (exact) mass is 295 g/mol. The first-order valence-electron chi connectivity index (χ1n) is 7.90. The second-order valence-electron chi connectivity index (χ2n) is 5.99. The summed E-state index contributed by atoms with van der Waals surface area (Å²) >= 11 is 0. The third-order valence-electron chi connectivity index (χ3n) is 4.04. The van der Waals surface area contributed by atoms with Crippen molar-refractivity contribution in [1.29, 1.82) is 0 Å². The molecule has 22 heavy (non-hydrogen) atoms. The van der Waals surface area contributed by atoms with E-state index in [2.05, 4.69) is 53.4 Å². The van der Waals surface area contributed by atoms with E-state index >= 15 is 0 Å². The lowest BCUT2D eigenvalue weighted by Crippen LogP contribution is -2.33. The molecule has 0 fully saturated rings. The quantitative estimate of drug-likeness (QED) is 0.770. The van der Waals surface area contributed by atoms with Crippen LogP contribution in [0.5, 0.6) is 0 Å². The van der Waals surface area contributed by atoms with E-state index in [1.54, 1.807) is 0 Å². The molecular weight excluding hydrogens is 270 g/mol. The molecule has 0 N–H and O–H groups in total. The van der Waals surface area contributed by atoms with E-state index in [0.717, 1.165) is 6.54 Å². The zero-order valence-corrected chi connectivity index (χ0v) is 13.7. The minimum atomic E-state index is -0.0233. The van der Waals surface area contributed by atoms with Crippen molar-refractivity contribution in [2.24, 2.45) is 5.92 Å². The molecule has 0 spiro atoms. The van der Waals surface area contributed by atoms with E-state index in [9.17, 15) is 4.79 Å². The lowest BCUT2D eigenvalue weighted by molar-refractivity contribution is -0.123. The number of ketones is 1. The van der Waals surface area contributed by atoms with Crippen LogP contribution in [0, 0.1) is 5.92 Å². The molecular formula is C20H25NO. The summed E-state index contributed by atoms with van der Waals surface area (Å²) in [5.41, 5.74) is 2.42. The molecule has 1 atom stereocenters. The van der Waals surface area contributed by atoms with Crippen molar-refractivity contribution in [2.75, 3.05) is 20.6 Å². The van der Waals surface area contributed by atoms with Crippen LogP contribution in [-0.4, -0.2) is 31.3 Å². The fraction of sp³-hybridized carbons (Fsp3) is 0.350. The molecule has 2 rings (SSSR count). The van der Waals surface area contributed by atoms with Gasteiger partial charge < -0.3 is 4.90 Å². The van der Waals surface area contributed by atoms with Crippen molar-refractivity contribution < 1.29 is 4.79 Å². The topological polar surface area (TPSA) is 20.3 Å². The minimum Gasteiger partial charge on any atom is -0.309 e. The Morgan fingerprint density at radius 3 is 1.73 bits per heavy atom. The molecule has 0 heterocycles. The summed E-state index contributed by atoms with van der Waals surface area (Å²) in [7, 11) is 4.06. The number of carbonyl (C=O) groups excluding carboxylic acids is 1. The van der Waals surface area contributed by atoms with Gasteiger partial charge in [-0.3, -0.25) is 4.79 Å². The summed E-state index contributed by atoms with van der Waals surface area (Å²) in [6.45, 7) is 2.72.